The minimum Gasteiger partial charge on any atom is -0.481 e. The lowest BCUT2D eigenvalue weighted by Gasteiger charge is -2.30. The first-order chi connectivity index (χ1) is 9.12. The molecule has 0 bridgehead atoms. The predicted octanol–water partition coefficient (Wildman–Crippen LogP) is 1.97. The number of carbonyl (C=O) groups is 2. The Morgan fingerprint density at radius 2 is 1.75 bits per heavy atom. The third-order valence-electron chi connectivity index (χ3n) is 3.53. The van der Waals surface area contributed by atoms with Crippen LogP contribution in [0.1, 0.15) is 46.5 Å². The summed E-state index contributed by atoms with van der Waals surface area (Å²) in [5.41, 5.74) is 0.0593. The van der Waals surface area contributed by atoms with Gasteiger partial charge in [0.15, 0.2) is 0 Å². The summed E-state index contributed by atoms with van der Waals surface area (Å²) >= 11 is 0. The monoisotopic (exact) mass is 286 g/mol. The summed E-state index contributed by atoms with van der Waals surface area (Å²) < 4.78 is 0. The molecule has 0 aromatic heterocycles. The predicted molar refractivity (Wildman–Crippen MR) is 80.6 cm³/mol. The van der Waals surface area contributed by atoms with Crippen LogP contribution in [0.2, 0.25) is 0 Å². The molecule has 0 aromatic carbocycles. The van der Waals surface area contributed by atoms with Crippen LogP contribution in [-0.4, -0.2) is 49.1 Å². The Morgan fingerprint density at radius 1 is 1.15 bits per heavy atom. The number of hydrogen-bond donors (Lipinski definition) is 2. The van der Waals surface area contributed by atoms with E-state index in [9.17, 15) is 9.59 Å². The quantitative estimate of drug-likeness (QED) is 0.680. The van der Waals surface area contributed by atoms with Crippen molar-refractivity contribution in [3.8, 4) is 0 Å². The van der Waals surface area contributed by atoms with Crippen molar-refractivity contribution < 1.29 is 14.7 Å². The Kier molecular flexibility index (Phi) is 8.46. The molecule has 0 aliphatic heterocycles. The molecule has 0 fully saturated rings. The van der Waals surface area contributed by atoms with Gasteiger partial charge < -0.3 is 15.3 Å². The summed E-state index contributed by atoms with van der Waals surface area (Å²) in [6.45, 7) is 7.72. The van der Waals surface area contributed by atoms with Crippen LogP contribution in [-0.2, 0) is 9.59 Å². The molecule has 1 atom stereocenters. The number of nitrogens with zero attached hydrogens (tertiary/aromatic N) is 1. The van der Waals surface area contributed by atoms with Gasteiger partial charge in [-0.25, -0.2) is 0 Å². The van der Waals surface area contributed by atoms with E-state index in [0.29, 0.717) is 25.3 Å². The van der Waals surface area contributed by atoms with Gasteiger partial charge in [-0.3, -0.25) is 9.59 Å². The molecule has 5 nitrogen and oxygen atoms in total. The summed E-state index contributed by atoms with van der Waals surface area (Å²) in [6.07, 6.45) is 2.18. The molecule has 1 amide bonds. The highest BCUT2D eigenvalue weighted by Gasteiger charge is 2.24. The van der Waals surface area contributed by atoms with Crippen LogP contribution in [0.25, 0.3) is 0 Å². The summed E-state index contributed by atoms with van der Waals surface area (Å²) in [5, 5.41) is 11.7. The van der Waals surface area contributed by atoms with Gasteiger partial charge in [-0.2, -0.15) is 0 Å². The number of carbonyl (C=O) groups excluding carboxylic acids is 1. The van der Waals surface area contributed by atoms with E-state index in [1.54, 1.807) is 0 Å². The summed E-state index contributed by atoms with van der Waals surface area (Å²) in [5.74, 6) is -0.397. The number of hydrogen-bond acceptors (Lipinski definition) is 3. The van der Waals surface area contributed by atoms with Crippen molar-refractivity contribution in [2.45, 2.75) is 46.5 Å². The summed E-state index contributed by atoms with van der Waals surface area (Å²) in [6, 6.07) is 0. The van der Waals surface area contributed by atoms with Crippen molar-refractivity contribution in [2.75, 3.05) is 27.2 Å². The second-order valence-electron chi connectivity index (χ2n) is 6.69. The average molecular weight is 286 g/mol. The molecular weight excluding hydrogens is 256 g/mol. The molecule has 0 spiro atoms. The lowest BCUT2D eigenvalue weighted by Crippen LogP contribution is -2.31. The lowest BCUT2D eigenvalue weighted by molar-refractivity contribution is -0.137. The van der Waals surface area contributed by atoms with E-state index >= 15 is 0 Å². The molecule has 0 radical (unpaired) electrons. The fraction of sp³-hybridized carbons (Fsp3) is 0.867. The largest absolute Gasteiger partial charge is 0.481 e. The molecule has 0 saturated carbocycles. The molecule has 0 saturated heterocycles. The van der Waals surface area contributed by atoms with Crippen molar-refractivity contribution in [1.82, 2.24) is 10.2 Å². The first-order valence-electron chi connectivity index (χ1n) is 7.26. The van der Waals surface area contributed by atoms with Gasteiger partial charge in [-0.1, -0.05) is 20.8 Å². The van der Waals surface area contributed by atoms with Gasteiger partial charge in [0, 0.05) is 25.9 Å². The average Bonchev–Trinajstić information content (AvgIpc) is 2.28. The van der Waals surface area contributed by atoms with Crippen LogP contribution in [0.5, 0.6) is 0 Å². The van der Waals surface area contributed by atoms with E-state index in [0.717, 1.165) is 13.0 Å². The fourth-order valence-electron chi connectivity index (χ4n) is 2.11. The molecular formula is C15H30N2O3. The molecule has 118 valence electrons. The zero-order valence-electron chi connectivity index (χ0n) is 13.5. The number of carboxylic acid groups (broad SMARTS) is 1. The maximum Gasteiger partial charge on any atom is 0.303 e. The van der Waals surface area contributed by atoms with E-state index < -0.39 is 5.97 Å². The molecule has 0 aliphatic rings. The van der Waals surface area contributed by atoms with E-state index in [2.05, 4.69) is 26.1 Å². The smallest absolute Gasteiger partial charge is 0.303 e. The Labute approximate surface area is 122 Å². The number of nitrogens with one attached hydrogen (secondary N) is 1. The van der Waals surface area contributed by atoms with E-state index in [1.807, 2.05) is 19.0 Å². The Balaban J connectivity index is 4.07. The fourth-order valence-corrected chi connectivity index (χ4v) is 2.11. The first kappa shape index (κ1) is 18.9. The Bertz CT molecular complexity index is 309. The van der Waals surface area contributed by atoms with Crippen LogP contribution in [0, 0.1) is 11.3 Å². The zero-order valence-corrected chi connectivity index (χ0v) is 13.5. The van der Waals surface area contributed by atoms with E-state index in [1.165, 1.54) is 0 Å². The standard InChI is InChI=1S/C15H30N2O3/c1-15(2,3)12(6-7-14(19)20)8-10-16-13(18)9-11-17(4)5/h12H,6-11H2,1-5H3,(H,16,18)(H,19,20). The van der Waals surface area contributed by atoms with Gasteiger partial charge in [-0.15, -0.1) is 0 Å². The number of aliphatic carboxylic acids is 1. The van der Waals surface area contributed by atoms with Gasteiger partial charge in [0.1, 0.15) is 0 Å². The minimum atomic E-state index is -0.755. The Morgan fingerprint density at radius 3 is 2.20 bits per heavy atom. The lowest BCUT2D eigenvalue weighted by atomic mass is 9.76. The van der Waals surface area contributed by atoms with Crippen LogP contribution in [0.4, 0.5) is 0 Å². The van der Waals surface area contributed by atoms with Gasteiger partial charge in [0.25, 0.3) is 0 Å². The second kappa shape index (κ2) is 8.95. The van der Waals surface area contributed by atoms with Gasteiger partial charge >= 0.3 is 5.97 Å². The number of rotatable bonds is 9. The van der Waals surface area contributed by atoms with Crippen molar-refractivity contribution in [2.24, 2.45) is 11.3 Å². The maximum atomic E-state index is 11.6. The van der Waals surface area contributed by atoms with Crippen LogP contribution in [0.3, 0.4) is 0 Å². The maximum absolute atomic E-state index is 11.6. The van der Waals surface area contributed by atoms with Crippen LogP contribution >= 0.6 is 0 Å². The highest BCUT2D eigenvalue weighted by Crippen LogP contribution is 2.32. The molecule has 2 N–H and O–H groups in total. The highest BCUT2D eigenvalue weighted by atomic mass is 16.4. The molecule has 1 unspecified atom stereocenters. The second-order valence-corrected chi connectivity index (χ2v) is 6.69. The van der Waals surface area contributed by atoms with Crippen LogP contribution < -0.4 is 5.32 Å². The van der Waals surface area contributed by atoms with Gasteiger partial charge in [0.05, 0.1) is 0 Å². The highest BCUT2D eigenvalue weighted by molar-refractivity contribution is 5.76. The van der Waals surface area contributed by atoms with E-state index in [-0.39, 0.29) is 17.7 Å². The number of carboxylic acids is 1. The molecule has 0 heterocycles. The first-order valence-corrected chi connectivity index (χ1v) is 7.26. The van der Waals surface area contributed by atoms with Gasteiger partial charge in [-0.05, 0) is 38.3 Å². The number of amides is 1. The topological polar surface area (TPSA) is 69.6 Å². The molecule has 5 heteroatoms. The molecule has 0 rings (SSSR count). The minimum absolute atomic E-state index is 0.0593. The van der Waals surface area contributed by atoms with Crippen molar-refractivity contribution in [3.63, 3.8) is 0 Å². The van der Waals surface area contributed by atoms with Crippen molar-refractivity contribution >= 4 is 11.9 Å². The van der Waals surface area contributed by atoms with Crippen LogP contribution in [0.15, 0.2) is 0 Å². The summed E-state index contributed by atoms with van der Waals surface area (Å²) in [4.78, 5) is 24.3. The van der Waals surface area contributed by atoms with Crippen molar-refractivity contribution in [3.05, 3.63) is 0 Å². The Hall–Kier alpha value is -1.10. The molecule has 0 aromatic rings. The molecule has 20 heavy (non-hydrogen) atoms. The van der Waals surface area contributed by atoms with Gasteiger partial charge in [0.2, 0.25) is 5.91 Å². The van der Waals surface area contributed by atoms with E-state index in [4.69, 9.17) is 5.11 Å². The van der Waals surface area contributed by atoms with Crippen molar-refractivity contribution in [1.29, 1.82) is 0 Å². The SMILES string of the molecule is CN(C)CCC(=O)NCCC(CCC(=O)O)C(C)(C)C. The summed E-state index contributed by atoms with van der Waals surface area (Å²) in [7, 11) is 3.88. The normalized spacial score (nSPS) is 13.3. The molecule has 0 aliphatic carbocycles. The zero-order chi connectivity index (χ0) is 15.8. The third-order valence-corrected chi connectivity index (χ3v) is 3.53. The third kappa shape index (κ3) is 9.78.